The predicted octanol–water partition coefficient (Wildman–Crippen LogP) is 4.72. The molecular formula is C20H24INO2. The third-order valence-corrected chi connectivity index (χ3v) is 5.85. The number of hydrogen-bond donors (Lipinski definition) is 1. The maximum Gasteiger partial charge on any atom is 0.265 e. The first-order valence-electron chi connectivity index (χ1n) is 8.76. The van der Waals surface area contributed by atoms with Gasteiger partial charge in [0.25, 0.3) is 5.56 Å². The van der Waals surface area contributed by atoms with Crippen molar-refractivity contribution >= 4 is 22.6 Å². The molecule has 2 atom stereocenters. The van der Waals surface area contributed by atoms with Crippen LogP contribution in [0.15, 0.2) is 41.2 Å². The standard InChI is InChI=1S/C20H24INO2/c1-14-7-5-6-10-17(14)24-18-13-16(22-20(23)19(18)21)12-11-15-8-3-2-4-9-15/h2-4,8-9,13-14,17H,5-7,10-12H2,1H3,(H,22,23). The molecule has 1 aliphatic rings. The highest BCUT2D eigenvalue weighted by Crippen LogP contribution is 2.29. The van der Waals surface area contributed by atoms with Crippen LogP contribution in [0, 0.1) is 9.49 Å². The molecule has 0 aliphatic heterocycles. The lowest BCUT2D eigenvalue weighted by molar-refractivity contribution is 0.101. The average molecular weight is 437 g/mol. The van der Waals surface area contributed by atoms with Gasteiger partial charge in [-0.05, 0) is 66.2 Å². The monoisotopic (exact) mass is 437 g/mol. The molecule has 0 saturated heterocycles. The second-order valence-corrected chi connectivity index (χ2v) is 7.78. The van der Waals surface area contributed by atoms with Crippen LogP contribution in [0.5, 0.6) is 5.75 Å². The smallest absolute Gasteiger partial charge is 0.265 e. The Bertz CT molecular complexity index is 726. The maximum atomic E-state index is 12.3. The fraction of sp³-hybridized carbons (Fsp3) is 0.450. The highest BCUT2D eigenvalue weighted by atomic mass is 127. The van der Waals surface area contributed by atoms with Crippen molar-refractivity contribution in [2.24, 2.45) is 5.92 Å². The van der Waals surface area contributed by atoms with E-state index in [2.05, 4.69) is 46.6 Å². The average Bonchev–Trinajstić information content (AvgIpc) is 2.60. The fourth-order valence-corrected chi connectivity index (χ4v) is 3.75. The van der Waals surface area contributed by atoms with E-state index in [0.29, 0.717) is 9.49 Å². The van der Waals surface area contributed by atoms with Gasteiger partial charge in [0.15, 0.2) is 0 Å². The van der Waals surface area contributed by atoms with E-state index in [1.54, 1.807) is 0 Å². The molecule has 1 saturated carbocycles. The first kappa shape index (κ1) is 17.5. The van der Waals surface area contributed by atoms with Gasteiger partial charge in [0.1, 0.15) is 15.4 Å². The number of pyridine rings is 1. The molecule has 128 valence electrons. The number of benzene rings is 1. The molecule has 1 aromatic heterocycles. The number of aromatic nitrogens is 1. The molecule has 2 aromatic rings. The number of aryl methyl sites for hydroxylation is 2. The van der Waals surface area contributed by atoms with E-state index in [1.807, 2.05) is 24.3 Å². The lowest BCUT2D eigenvalue weighted by atomic mass is 9.88. The third kappa shape index (κ3) is 4.41. The SMILES string of the molecule is CC1CCCCC1Oc1cc(CCc2ccccc2)[nH]c(=O)c1I. The molecule has 4 heteroatoms. The van der Waals surface area contributed by atoms with Crippen LogP contribution in [0.4, 0.5) is 0 Å². The summed E-state index contributed by atoms with van der Waals surface area (Å²) in [5, 5.41) is 0. The van der Waals surface area contributed by atoms with Crippen LogP contribution in [-0.4, -0.2) is 11.1 Å². The van der Waals surface area contributed by atoms with Crippen LogP contribution in [0.3, 0.4) is 0 Å². The summed E-state index contributed by atoms with van der Waals surface area (Å²) in [7, 11) is 0. The number of aromatic amines is 1. The quantitative estimate of drug-likeness (QED) is 0.688. The number of nitrogens with one attached hydrogen (secondary N) is 1. The Hall–Kier alpha value is -1.30. The molecule has 3 nitrogen and oxygen atoms in total. The van der Waals surface area contributed by atoms with Gasteiger partial charge in [-0.3, -0.25) is 4.79 Å². The summed E-state index contributed by atoms with van der Waals surface area (Å²) in [6.07, 6.45) is 6.76. The van der Waals surface area contributed by atoms with Gasteiger partial charge >= 0.3 is 0 Å². The molecular weight excluding hydrogens is 413 g/mol. The third-order valence-electron chi connectivity index (χ3n) is 4.83. The molecule has 0 bridgehead atoms. The summed E-state index contributed by atoms with van der Waals surface area (Å²) < 4.78 is 6.91. The van der Waals surface area contributed by atoms with E-state index in [-0.39, 0.29) is 11.7 Å². The summed E-state index contributed by atoms with van der Waals surface area (Å²) in [6.45, 7) is 2.25. The first-order valence-corrected chi connectivity index (χ1v) is 9.83. The number of rotatable bonds is 5. The minimum atomic E-state index is -0.0420. The molecule has 1 N–H and O–H groups in total. The van der Waals surface area contributed by atoms with Gasteiger partial charge < -0.3 is 9.72 Å². The number of halogens is 1. The van der Waals surface area contributed by atoms with Crippen molar-refractivity contribution in [3.63, 3.8) is 0 Å². The molecule has 0 radical (unpaired) electrons. The number of ether oxygens (including phenoxy) is 1. The van der Waals surface area contributed by atoms with Crippen molar-refractivity contribution in [1.82, 2.24) is 4.98 Å². The summed E-state index contributed by atoms with van der Waals surface area (Å²) in [6, 6.07) is 12.4. The predicted molar refractivity (Wildman–Crippen MR) is 106 cm³/mol. The molecule has 1 aromatic carbocycles. The summed E-state index contributed by atoms with van der Waals surface area (Å²) >= 11 is 2.10. The summed E-state index contributed by atoms with van der Waals surface area (Å²) in [5.74, 6) is 1.31. The van der Waals surface area contributed by atoms with E-state index in [0.717, 1.165) is 30.7 Å². The minimum absolute atomic E-state index is 0.0420. The second kappa shape index (κ2) is 8.19. The fourth-order valence-electron chi connectivity index (χ4n) is 3.33. The Morgan fingerprint density at radius 3 is 2.67 bits per heavy atom. The van der Waals surface area contributed by atoms with E-state index >= 15 is 0 Å². The van der Waals surface area contributed by atoms with Gasteiger partial charge in [0, 0.05) is 11.8 Å². The number of hydrogen-bond acceptors (Lipinski definition) is 2. The van der Waals surface area contributed by atoms with Crippen LogP contribution in [0.1, 0.15) is 43.9 Å². The Kier molecular flexibility index (Phi) is 5.98. The van der Waals surface area contributed by atoms with Gasteiger partial charge in [-0.15, -0.1) is 0 Å². The van der Waals surface area contributed by atoms with Crippen molar-refractivity contribution in [3.8, 4) is 5.75 Å². The highest BCUT2D eigenvalue weighted by molar-refractivity contribution is 14.1. The zero-order chi connectivity index (χ0) is 16.9. The Labute approximate surface area is 157 Å². The van der Waals surface area contributed by atoms with Crippen molar-refractivity contribution in [3.05, 3.63) is 61.6 Å². The molecule has 2 unspecified atom stereocenters. The largest absolute Gasteiger partial charge is 0.489 e. The van der Waals surface area contributed by atoms with Gasteiger partial charge in [-0.25, -0.2) is 0 Å². The van der Waals surface area contributed by atoms with E-state index in [9.17, 15) is 4.79 Å². The van der Waals surface area contributed by atoms with Crippen LogP contribution in [0.2, 0.25) is 0 Å². The van der Waals surface area contributed by atoms with Crippen LogP contribution in [0.25, 0.3) is 0 Å². The van der Waals surface area contributed by atoms with E-state index in [4.69, 9.17) is 4.74 Å². The zero-order valence-electron chi connectivity index (χ0n) is 14.1. The first-order chi connectivity index (χ1) is 11.6. The molecule has 1 fully saturated rings. The second-order valence-electron chi connectivity index (χ2n) is 6.71. The van der Waals surface area contributed by atoms with Crippen LogP contribution < -0.4 is 10.3 Å². The van der Waals surface area contributed by atoms with Crippen molar-refractivity contribution in [1.29, 1.82) is 0 Å². The molecule has 1 heterocycles. The van der Waals surface area contributed by atoms with Crippen molar-refractivity contribution < 1.29 is 4.74 Å². The molecule has 0 amide bonds. The van der Waals surface area contributed by atoms with Gasteiger partial charge in [-0.2, -0.15) is 0 Å². The van der Waals surface area contributed by atoms with Crippen molar-refractivity contribution in [2.45, 2.75) is 51.6 Å². The lowest BCUT2D eigenvalue weighted by Crippen LogP contribution is -2.29. The summed E-state index contributed by atoms with van der Waals surface area (Å²) in [4.78, 5) is 15.2. The van der Waals surface area contributed by atoms with Crippen molar-refractivity contribution in [2.75, 3.05) is 0 Å². The van der Waals surface area contributed by atoms with Gasteiger partial charge in [-0.1, -0.05) is 43.7 Å². The van der Waals surface area contributed by atoms with Gasteiger partial charge in [0.2, 0.25) is 0 Å². The summed E-state index contributed by atoms with van der Waals surface area (Å²) in [5.41, 5.74) is 2.18. The van der Waals surface area contributed by atoms with E-state index < -0.39 is 0 Å². The van der Waals surface area contributed by atoms with E-state index in [1.165, 1.54) is 24.8 Å². The Balaban J connectivity index is 1.74. The number of H-pyrrole nitrogens is 1. The molecule has 0 spiro atoms. The lowest BCUT2D eigenvalue weighted by Gasteiger charge is -2.29. The topological polar surface area (TPSA) is 42.1 Å². The molecule has 1 aliphatic carbocycles. The Morgan fingerprint density at radius 1 is 1.17 bits per heavy atom. The van der Waals surface area contributed by atoms with Crippen LogP contribution in [-0.2, 0) is 12.8 Å². The zero-order valence-corrected chi connectivity index (χ0v) is 16.2. The highest BCUT2D eigenvalue weighted by Gasteiger charge is 2.24. The molecule has 24 heavy (non-hydrogen) atoms. The van der Waals surface area contributed by atoms with Gasteiger partial charge in [0.05, 0.1) is 0 Å². The Morgan fingerprint density at radius 2 is 1.92 bits per heavy atom. The minimum Gasteiger partial charge on any atom is -0.489 e. The van der Waals surface area contributed by atoms with Crippen LogP contribution >= 0.6 is 22.6 Å². The maximum absolute atomic E-state index is 12.3. The normalized spacial score (nSPS) is 20.8. The molecule has 3 rings (SSSR count).